The van der Waals surface area contributed by atoms with Crippen LogP contribution in [0.5, 0.6) is 0 Å². The summed E-state index contributed by atoms with van der Waals surface area (Å²) in [5, 5.41) is 5.95. The van der Waals surface area contributed by atoms with Crippen molar-refractivity contribution < 1.29 is 18.0 Å². The van der Waals surface area contributed by atoms with Gasteiger partial charge in [0.15, 0.2) is 14.6 Å². The number of benzene rings is 1. The Labute approximate surface area is 161 Å². The van der Waals surface area contributed by atoms with Crippen LogP contribution in [0.1, 0.15) is 30.9 Å². The van der Waals surface area contributed by atoms with E-state index in [2.05, 4.69) is 10.6 Å². The number of likely N-dealkylation sites (N-methyl/N-ethyl adjacent to an activating group) is 1. The van der Waals surface area contributed by atoms with Gasteiger partial charge in [-0.15, -0.1) is 0 Å². The van der Waals surface area contributed by atoms with Crippen molar-refractivity contribution in [1.82, 2.24) is 10.2 Å². The number of carbonyl (C=O) groups is 2. The van der Waals surface area contributed by atoms with Crippen molar-refractivity contribution in [2.75, 3.05) is 37.8 Å². The first-order valence-corrected chi connectivity index (χ1v) is 11.1. The predicted octanol–water partition coefficient (Wildman–Crippen LogP) is 1.26. The zero-order valence-corrected chi connectivity index (χ0v) is 17.3. The minimum atomic E-state index is -3.61. The van der Waals surface area contributed by atoms with Crippen LogP contribution >= 0.6 is 0 Å². The maximum Gasteiger partial charge on any atom is 0.244 e. The van der Waals surface area contributed by atoms with E-state index in [9.17, 15) is 18.0 Å². The third-order valence-electron chi connectivity index (χ3n) is 5.26. The smallest absolute Gasteiger partial charge is 0.244 e. The van der Waals surface area contributed by atoms with Crippen molar-refractivity contribution in [2.45, 2.75) is 38.4 Å². The van der Waals surface area contributed by atoms with E-state index in [1.165, 1.54) is 4.90 Å². The van der Waals surface area contributed by atoms with E-state index < -0.39 is 20.5 Å². The van der Waals surface area contributed by atoms with Crippen LogP contribution in [0, 0.1) is 13.8 Å². The lowest BCUT2D eigenvalue weighted by atomic mass is 9.95. The first kappa shape index (κ1) is 21.4. The molecule has 1 aliphatic rings. The van der Waals surface area contributed by atoms with Crippen molar-refractivity contribution in [3.8, 4) is 0 Å². The van der Waals surface area contributed by atoms with Crippen LogP contribution in [0.3, 0.4) is 0 Å². The Hall–Kier alpha value is -1.93. The summed E-state index contributed by atoms with van der Waals surface area (Å²) < 4.78 is 23.5. The summed E-state index contributed by atoms with van der Waals surface area (Å²) >= 11 is 0. The van der Waals surface area contributed by atoms with E-state index in [1.807, 2.05) is 32.0 Å². The molecule has 0 bridgehead atoms. The highest BCUT2D eigenvalue weighted by Gasteiger charge is 2.50. The average molecular weight is 396 g/mol. The van der Waals surface area contributed by atoms with E-state index in [1.54, 1.807) is 6.92 Å². The van der Waals surface area contributed by atoms with E-state index in [-0.39, 0.29) is 31.8 Å². The molecule has 7 nitrogen and oxygen atoms in total. The van der Waals surface area contributed by atoms with Crippen LogP contribution in [0.2, 0.25) is 0 Å². The largest absolute Gasteiger partial charge is 0.332 e. The number of anilines is 1. The summed E-state index contributed by atoms with van der Waals surface area (Å²) in [6.07, 6.45) is 1.56. The Morgan fingerprint density at radius 2 is 1.74 bits per heavy atom. The Balaban J connectivity index is 2.20. The van der Waals surface area contributed by atoms with Gasteiger partial charge in [-0.05, 0) is 57.8 Å². The fraction of sp³-hybridized carbons (Fsp3) is 0.579. The monoisotopic (exact) mass is 395 g/mol. The summed E-state index contributed by atoms with van der Waals surface area (Å²) in [6, 6.07) is 5.72. The molecule has 2 N–H and O–H groups in total. The maximum absolute atomic E-state index is 13.2. The van der Waals surface area contributed by atoms with Gasteiger partial charge in [0.2, 0.25) is 11.8 Å². The SMILES string of the molecule is CCN(CC(=O)Nc1c(C)cccc1C)C(=O)C1(S(C)(=O)=O)CCNCC1. The van der Waals surface area contributed by atoms with Gasteiger partial charge in [0.25, 0.3) is 0 Å². The fourth-order valence-electron chi connectivity index (χ4n) is 3.55. The first-order valence-electron chi connectivity index (χ1n) is 9.18. The second-order valence-corrected chi connectivity index (χ2v) is 9.48. The second-order valence-electron chi connectivity index (χ2n) is 7.15. The van der Waals surface area contributed by atoms with Gasteiger partial charge in [-0.2, -0.15) is 0 Å². The summed E-state index contributed by atoms with van der Waals surface area (Å²) in [6.45, 7) is 6.58. The predicted molar refractivity (Wildman–Crippen MR) is 106 cm³/mol. The molecule has 2 rings (SSSR count). The summed E-state index contributed by atoms with van der Waals surface area (Å²) in [5.74, 6) is -0.814. The molecular weight excluding hydrogens is 366 g/mol. The molecule has 1 saturated heterocycles. The molecule has 1 aromatic carbocycles. The van der Waals surface area contributed by atoms with Crippen LogP contribution in [0.15, 0.2) is 18.2 Å². The topological polar surface area (TPSA) is 95.6 Å². The van der Waals surface area contributed by atoms with Crippen LogP contribution < -0.4 is 10.6 Å². The Bertz CT molecular complexity index is 794. The molecule has 0 aliphatic carbocycles. The number of para-hydroxylation sites is 1. The normalized spacial score (nSPS) is 16.6. The van der Waals surface area contributed by atoms with Gasteiger partial charge < -0.3 is 15.5 Å². The van der Waals surface area contributed by atoms with E-state index >= 15 is 0 Å². The minimum Gasteiger partial charge on any atom is -0.332 e. The number of nitrogens with one attached hydrogen (secondary N) is 2. The number of carbonyl (C=O) groups excluding carboxylic acids is 2. The fourth-order valence-corrected chi connectivity index (χ4v) is 4.95. The van der Waals surface area contributed by atoms with Crippen molar-refractivity contribution in [2.24, 2.45) is 0 Å². The lowest BCUT2D eigenvalue weighted by Gasteiger charge is -2.38. The molecule has 1 heterocycles. The molecule has 150 valence electrons. The number of piperidine rings is 1. The average Bonchev–Trinajstić information content (AvgIpc) is 2.62. The van der Waals surface area contributed by atoms with Gasteiger partial charge in [0.05, 0.1) is 6.54 Å². The third kappa shape index (κ3) is 4.50. The maximum atomic E-state index is 13.2. The number of hydrogen-bond donors (Lipinski definition) is 2. The number of sulfone groups is 1. The Morgan fingerprint density at radius 1 is 1.19 bits per heavy atom. The van der Waals surface area contributed by atoms with Gasteiger partial charge in [-0.25, -0.2) is 8.42 Å². The molecule has 2 amide bonds. The zero-order chi connectivity index (χ0) is 20.2. The molecule has 0 radical (unpaired) electrons. The van der Waals surface area contributed by atoms with E-state index in [0.717, 1.165) is 23.1 Å². The molecule has 0 saturated carbocycles. The molecule has 0 aromatic heterocycles. The van der Waals surface area contributed by atoms with Crippen LogP contribution in [0.25, 0.3) is 0 Å². The Morgan fingerprint density at radius 3 is 2.22 bits per heavy atom. The highest BCUT2D eigenvalue weighted by Crippen LogP contribution is 2.30. The molecular formula is C19H29N3O4S. The second kappa shape index (κ2) is 8.39. The molecule has 0 spiro atoms. The van der Waals surface area contributed by atoms with Gasteiger partial charge >= 0.3 is 0 Å². The van der Waals surface area contributed by atoms with Crippen molar-refractivity contribution >= 4 is 27.3 Å². The number of amides is 2. The van der Waals surface area contributed by atoms with Gasteiger partial charge in [0, 0.05) is 18.5 Å². The molecule has 1 aromatic rings. The van der Waals surface area contributed by atoms with E-state index in [4.69, 9.17) is 0 Å². The molecule has 1 aliphatic heterocycles. The summed E-state index contributed by atoms with van der Waals surface area (Å²) in [5.41, 5.74) is 2.60. The number of aryl methyl sites for hydroxylation is 2. The van der Waals surface area contributed by atoms with Crippen molar-refractivity contribution in [3.63, 3.8) is 0 Å². The molecule has 8 heteroatoms. The number of rotatable bonds is 6. The summed E-state index contributed by atoms with van der Waals surface area (Å²) in [7, 11) is -3.61. The molecule has 1 fully saturated rings. The van der Waals surface area contributed by atoms with Crippen LogP contribution in [0.4, 0.5) is 5.69 Å². The number of nitrogens with zero attached hydrogens (tertiary/aromatic N) is 1. The lowest BCUT2D eigenvalue weighted by molar-refractivity contribution is -0.137. The Kier molecular flexibility index (Phi) is 6.64. The lowest BCUT2D eigenvalue weighted by Crippen LogP contribution is -2.59. The van der Waals surface area contributed by atoms with Crippen LogP contribution in [-0.4, -0.2) is 62.3 Å². The molecule has 0 atom stereocenters. The van der Waals surface area contributed by atoms with Gasteiger partial charge in [-0.1, -0.05) is 18.2 Å². The minimum absolute atomic E-state index is 0.173. The highest BCUT2D eigenvalue weighted by molar-refractivity contribution is 7.92. The van der Waals surface area contributed by atoms with Crippen molar-refractivity contribution in [3.05, 3.63) is 29.3 Å². The zero-order valence-electron chi connectivity index (χ0n) is 16.5. The van der Waals surface area contributed by atoms with Crippen LogP contribution in [-0.2, 0) is 19.4 Å². The molecule has 27 heavy (non-hydrogen) atoms. The molecule has 0 unspecified atom stereocenters. The van der Waals surface area contributed by atoms with Gasteiger partial charge in [-0.3, -0.25) is 9.59 Å². The van der Waals surface area contributed by atoms with Crippen molar-refractivity contribution in [1.29, 1.82) is 0 Å². The van der Waals surface area contributed by atoms with E-state index in [0.29, 0.717) is 13.1 Å². The summed E-state index contributed by atoms with van der Waals surface area (Å²) in [4.78, 5) is 27.1. The third-order valence-corrected chi connectivity index (χ3v) is 7.26. The quantitative estimate of drug-likeness (QED) is 0.756. The first-order chi connectivity index (χ1) is 12.6. The number of hydrogen-bond acceptors (Lipinski definition) is 5. The highest BCUT2D eigenvalue weighted by atomic mass is 32.2. The van der Waals surface area contributed by atoms with Gasteiger partial charge in [0.1, 0.15) is 0 Å². The standard InChI is InChI=1S/C19H29N3O4S/c1-5-22(13-16(23)21-17-14(2)7-6-8-15(17)3)18(24)19(27(4,25)26)9-11-20-12-10-19/h6-8,20H,5,9-13H2,1-4H3,(H,21,23).